The molecule has 18 heavy (non-hydrogen) atoms. The molecule has 0 N–H and O–H groups in total. The third-order valence-electron chi connectivity index (χ3n) is 3.16. The Balaban J connectivity index is 2.29. The first-order chi connectivity index (χ1) is 8.81. The molecule has 3 rings (SSSR count). The van der Waals surface area contributed by atoms with E-state index in [0.29, 0.717) is 18.8 Å². The predicted molar refractivity (Wildman–Crippen MR) is 71.5 cm³/mol. The molecule has 2 aromatic rings. The van der Waals surface area contributed by atoms with Crippen LogP contribution in [0, 0.1) is 11.3 Å². The van der Waals surface area contributed by atoms with E-state index in [2.05, 4.69) is 18.7 Å². The highest BCUT2D eigenvalue weighted by Gasteiger charge is 2.22. The lowest BCUT2D eigenvalue weighted by Crippen LogP contribution is -2.31. The summed E-state index contributed by atoms with van der Waals surface area (Å²) in [4.78, 5) is 1.93. The second kappa shape index (κ2) is 4.08. The summed E-state index contributed by atoms with van der Waals surface area (Å²) in [5, 5.41) is 11.3. The zero-order valence-corrected chi connectivity index (χ0v) is 9.89. The second-order valence-corrected chi connectivity index (χ2v) is 4.19. The van der Waals surface area contributed by atoms with Gasteiger partial charge in [0.25, 0.3) is 0 Å². The Morgan fingerprint density at radius 1 is 1.28 bits per heavy atom. The van der Waals surface area contributed by atoms with Crippen LogP contribution in [0.3, 0.4) is 0 Å². The molecular formula is C15H12N2O. The highest BCUT2D eigenvalue weighted by molar-refractivity contribution is 5.98. The van der Waals surface area contributed by atoms with Gasteiger partial charge in [-0.2, -0.15) is 5.26 Å². The van der Waals surface area contributed by atoms with Crippen LogP contribution >= 0.6 is 0 Å². The number of ether oxygens (including phenoxy) is 1. The molecule has 0 amide bonds. The van der Waals surface area contributed by atoms with Crippen LogP contribution in [0.4, 0.5) is 5.69 Å². The van der Waals surface area contributed by atoms with E-state index in [1.807, 2.05) is 35.2 Å². The van der Waals surface area contributed by atoms with Gasteiger partial charge in [-0.15, -0.1) is 0 Å². The fraction of sp³-hybridized carbons (Fsp3) is 0.133. The fourth-order valence-corrected chi connectivity index (χ4v) is 2.32. The summed E-state index contributed by atoms with van der Waals surface area (Å²) in [6.45, 7) is 5.05. The van der Waals surface area contributed by atoms with Crippen molar-refractivity contribution in [2.24, 2.45) is 0 Å². The SMILES string of the molecule is C=C(C#N)N1CCOc2ccc3ccccc3c21. The van der Waals surface area contributed by atoms with Crippen LogP contribution in [0.1, 0.15) is 0 Å². The van der Waals surface area contributed by atoms with E-state index in [1.165, 1.54) is 0 Å². The molecule has 0 radical (unpaired) electrons. The normalized spacial score (nSPS) is 13.6. The summed E-state index contributed by atoms with van der Waals surface area (Å²) in [6, 6.07) is 14.2. The lowest BCUT2D eigenvalue weighted by molar-refractivity contribution is 0.313. The smallest absolute Gasteiger partial charge is 0.143 e. The van der Waals surface area contributed by atoms with Gasteiger partial charge in [-0.1, -0.05) is 36.9 Å². The van der Waals surface area contributed by atoms with Gasteiger partial charge in [-0.3, -0.25) is 0 Å². The van der Waals surface area contributed by atoms with Gasteiger partial charge in [-0.05, 0) is 11.5 Å². The molecule has 88 valence electrons. The Labute approximate surface area is 106 Å². The molecule has 1 heterocycles. The number of nitrogens with zero attached hydrogens (tertiary/aromatic N) is 2. The Morgan fingerprint density at radius 2 is 2.11 bits per heavy atom. The maximum absolute atomic E-state index is 9.05. The summed E-state index contributed by atoms with van der Waals surface area (Å²) in [6.07, 6.45) is 0. The number of benzene rings is 2. The van der Waals surface area contributed by atoms with Gasteiger partial charge in [0.05, 0.1) is 12.2 Å². The molecule has 0 saturated carbocycles. The lowest BCUT2D eigenvalue weighted by Gasteiger charge is -2.31. The quantitative estimate of drug-likeness (QED) is 0.714. The molecule has 2 aromatic carbocycles. The number of hydrogen-bond donors (Lipinski definition) is 0. The number of anilines is 1. The van der Waals surface area contributed by atoms with E-state index in [1.54, 1.807) is 0 Å². The molecule has 0 saturated heterocycles. The van der Waals surface area contributed by atoms with Gasteiger partial charge in [0, 0.05) is 5.39 Å². The number of rotatable bonds is 1. The van der Waals surface area contributed by atoms with Crippen LogP contribution in [0.5, 0.6) is 5.75 Å². The number of nitriles is 1. The second-order valence-electron chi connectivity index (χ2n) is 4.19. The minimum absolute atomic E-state index is 0.455. The first-order valence-electron chi connectivity index (χ1n) is 5.82. The first kappa shape index (κ1) is 10.7. The average Bonchev–Trinajstić information content (AvgIpc) is 2.45. The standard InChI is InChI=1S/C15H12N2O/c1-11(10-16)17-8-9-18-14-7-6-12-4-2-3-5-13(12)15(14)17/h2-7H,1,8-9H2. The molecule has 0 aromatic heterocycles. The van der Waals surface area contributed by atoms with Gasteiger partial charge in [0.1, 0.15) is 24.1 Å². The molecule has 0 unspecified atom stereocenters. The average molecular weight is 236 g/mol. The van der Waals surface area contributed by atoms with Crippen LogP contribution in [-0.2, 0) is 0 Å². The van der Waals surface area contributed by atoms with E-state index in [0.717, 1.165) is 22.2 Å². The minimum atomic E-state index is 0.455. The third-order valence-corrected chi connectivity index (χ3v) is 3.16. The molecule has 1 aliphatic heterocycles. The van der Waals surface area contributed by atoms with Crippen molar-refractivity contribution in [2.75, 3.05) is 18.1 Å². The van der Waals surface area contributed by atoms with Crippen molar-refractivity contribution in [1.82, 2.24) is 0 Å². The van der Waals surface area contributed by atoms with Crippen LogP contribution in [-0.4, -0.2) is 13.2 Å². The van der Waals surface area contributed by atoms with Gasteiger partial charge in [0.2, 0.25) is 0 Å². The van der Waals surface area contributed by atoms with Crippen LogP contribution in [0.2, 0.25) is 0 Å². The van der Waals surface area contributed by atoms with Crippen molar-refractivity contribution in [1.29, 1.82) is 5.26 Å². The molecule has 0 atom stereocenters. The summed E-state index contributed by atoms with van der Waals surface area (Å²) in [5.74, 6) is 0.816. The van der Waals surface area contributed by atoms with Gasteiger partial charge in [-0.25, -0.2) is 0 Å². The van der Waals surface area contributed by atoms with Crippen LogP contribution in [0.25, 0.3) is 10.8 Å². The molecule has 0 spiro atoms. The predicted octanol–water partition coefficient (Wildman–Crippen LogP) is 3.08. The molecule has 0 fully saturated rings. The molecule has 3 heteroatoms. The number of fused-ring (bicyclic) bond motifs is 3. The minimum Gasteiger partial charge on any atom is -0.490 e. The van der Waals surface area contributed by atoms with E-state index in [9.17, 15) is 0 Å². The number of allylic oxidation sites excluding steroid dienone is 1. The van der Waals surface area contributed by atoms with Crippen LogP contribution < -0.4 is 9.64 Å². The van der Waals surface area contributed by atoms with E-state index >= 15 is 0 Å². The topological polar surface area (TPSA) is 36.3 Å². The highest BCUT2D eigenvalue weighted by Crippen LogP contribution is 2.39. The maximum Gasteiger partial charge on any atom is 0.143 e. The molecular weight excluding hydrogens is 224 g/mol. The Hall–Kier alpha value is -2.47. The Kier molecular flexibility index (Phi) is 2.42. The number of hydrogen-bond acceptors (Lipinski definition) is 3. The van der Waals surface area contributed by atoms with E-state index in [-0.39, 0.29) is 0 Å². The van der Waals surface area contributed by atoms with Crippen molar-refractivity contribution >= 4 is 16.5 Å². The van der Waals surface area contributed by atoms with Crippen molar-refractivity contribution in [3.05, 3.63) is 48.7 Å². The molecule has 0 bridgehead atoms. The van der Waals surface area contributed by atoms with Gasteiger partial charge >= 0.3 is 0 Å². The monoisotopic (exact) mass is 236 g/mol. The summed E-state index contributed by atoms with van der Waals surface area (Å²) in [5.41, 5.74) is 1.40. The van der Waals surface area contributed by atoms with Crippen molar-refractivity contribution in [2.45, 2.75) is 0 Å². The zero-order chi connectivity index (χ0) is 12.5. The molecule has 1 aliphatic rings. The van der Waals surface area contributed by atoms with Crippen LogP contribution in [0.15, 0.2) is 48.7 Å². The maximum atomic E-state index is 9.05. The zero-order valence-electron chi connectivity index (χ0n) is 9.89. The van der Waals surface area contributed by atoms with Gasteiger partial charge in [0.15, 0.2) is 0 Å². The van der Waals surface area contributed by atoms with Crippen molar-refractivity contribution in [3.8, 4) is 11.8 Å². The first-order valence-corrected chi connectivity index (χ1v) is 5.82. The van der Waals surface area contributed by atoms with Crippen molar-refractivity contribution in [3.63, 3.8) is 0 Å². The summed E-state index contributed by atoms with van der Waals surface area (Å²) in [7, 11) is 0. The summed E-state index contributed by atoms with van der Waals surface area (Å²) >= 11 is 0. The van der Waals surface area contributed by atoms with E-state index < -0.39 is 0 Å². The molecule has 0 aliphatic carbocycles. The van der Waals surface area contributed by atoms with Gasteiger partial charge < -0.3 is 9.64 Å². The third kappa shape index (κ3) is 1.51. The fourth-order valence-electron chi connectivity index (χ4n) is 2.32. The Bertz CT molecular complexity index is 670. The Morgan fingerprint density at radius 3 is 2.94 bits per heavy atom. The lowest BCUT2D eigenvalue weighted by atomic mass is 10.1. The molecule has 3 nitrogen and oxygen atoms in total. The van der Waals surface area contributed by atoms with E-state index in [4.69, 9.17) is 10.00 Å². The van der Waals surface area contributed by atoms with Crippen molar-refractivity contribution < 1.29 is 4.74 Å². The highest BCUT2D eigenvalue weighted by atomic mass is 16.5. The largest absolute Gasteiger partial charge is 0.490 e. The summed E-state index contributed by atoms with van der Waals surface area (Å²) < 4.78 is 5.66.